The van der Waals surface area contributed by atoms with Gasteiger partial charge in [-0.15, -0.1) is 0 Å². The van der Waals surface area contributed by atoms with Gasteiger partial charge in [-0.25, -0.2) is 9.97 Å². The normalized spacial score (nSPS) is 16.8. The standard InChI is InChI=1S/C32H42N6O5/c1-32(2,3)31(41)38-12-8-25(9-13-38)36-29-15-23(6-10-34-29)30(40)35-16-26(39)19-37-11-7-22-14-27(5-4-24(22)18-37)42-20-28-17-33-21-43-28/h4-6,10,14-15,17,21,25-26,39H,7-9,11-13,16,18-20H2,1-3H3,(H,34,36)(H,35,40). The molecular weight excluding hydrogens is 548 g/mol. The molecule has 2 amide bonds. The first-order valence-corrected chi connectivity index (χ1v) is 15.0. The first-order chi connectivity index (χ1) is 20.6. The van der Waals surface area contributed by atoms with E-state index >= 15 is 0 Å². The van der Waals surface area contributed by atoms with E-state index in [1.807, 2.05) is 31.7 Å². The molecule has 0 radical (unpaired) electrons. The Morgan fingerprint density at radius 2 is 1.95 bits per heavy atom. The van der Waals surface area contributed by atoms with Gasteiger partial charge in [-0.2, -0.15) is 0 Å². The van der Waals surface area contributed by atoms with Gasteiger partial charge in [0.2, 0.25) is 5.91 Å². The van der Waals surface area contributed by atoms with Crippen LogP contribution in [-0.2, 0) is 24.4 Å². The Kier molecular flexibility index (Phi) is 9.62. The van der Waals surface area contributed by atoms with Crippen LogP contribution in [0, 0.1) is 5.41 Å². The number of amides is 2. The first kappa shape index (κ1) is 30.5. The fourth-order valence-corrected chi connectivity index (χ4v) is 5.54. The third-order valence-corrected chi connectivity index (χ3v) is 7.90. The van der Waals surface area contributed by atoms with E-state index in [9.17, 15) is 14.7 Å². The molecule has 2 aliphatic rings. The van der Waals surface area contributed by atoms with Gasteiger partial charge in [0, 0.05) is 62.5 Å². The Labute approximate surface area is 252 Å². The Morgan fingerprint density at radius 1 is 1.14 bits per heavy atom. The SMILES string of the molecule is CC(C)(C)C(=O)N1CCC(Nc2cc(C(=O)NCC(O)CN3CCc4cc(OCc5cnco5)ccc4C3)ccn2)CC1. The van der Waals surface area contributed by atoms with Gasteiger partial charge in [0.15, 0.2) is 12.2 Å². The number of carbonyl (C=O) groups is 2. The van der Waals surface area contributed by atoms with E-state index in [2.05, 4.69) is 37.6 Å². The summed E-state index contributed by atoms with van der Waals surface area (Å²) < 4.78 is 11.0. The molecule has 43 heavy (non-hydrogen) atoms. The summed E-state index contributed by atoms with van der Waals surface area (Å²) >= 11 is 0. The van der Waals surface area contributed by atoms with Crippen molar-refractivity contribution in [3.63, 3.8) is 0 Å². The molecule has 11 nitrogen and oxygen atoms in total. The van der Waals surface area contributed by atoms with Gasteiger partial charge in [0.1, 0.15) is 18.2 Å². The van der Waals surface area contributed by atoms with Crippen LogP contribution in [0.4, 0.5) is 5.82 Å². The number of oxazole rings is 1. The average Bonchev–Trinajstić information content (AvgIpc) is 3.52. The van der Waals surface area contributed by atoms with E-state index < -0.39 is 6.10 Å². The average molecular weight is 591 g/mol. The molecular formula is C32H42N6O5. The molecule has 2 aliphatic heterocycles. The second-order valence-corrected chi connectivity index (χ2v) is 12.4. The molecule has 1 unspecified atom stereocenters. The minimum atomic E-state index is -0.699. The van der Waals surface area contributed by atoms with E-state index in [-0.39, 0.29) is 29.8 Å². The number of aliphatic hydroxyl groups excluding tert-OH is 1. The summed E-state index contributed by atoms with van der Waals surface area (Å²) in [5.74, 6) is 2.02. The smallest absolute Gasteiger partial charge is 0.251 e. The van der Waals surface area contributed by atoms with Gasteiger partial charge in [0.25, 0.3) is 5.91 Å². The van der Waals surface area contributed by atoms with Crippen molar-refractivity contribution in [1.82, 2.24) is 25.1 Å². The van der Waals surface area contributed by atoms with Gasteiger partial charge in [-0.1, -0.05) is 26.8 Å². The molecule has 5 rings (SSSR count). The van der Waals surface area contributed by atoms with Crippen molar-refractivity contribution >= 4 is 17.6 Å². The zero-order chi connectivity index (χ0) is 30.4. The summed E-state index contributed by atoms with van der Waals surface area (Å²) in [5.41, 5.74) is 2.55. The quantitative estimate of drug-likeness (QED) is 0.325. The predicted molar refractivity (Wildman–Crippen MR) is 162 cm³/mol. The van der Waals surface area contributed by atoms with Gasteiger partial charge in [0.05, 0.1) is 12.3 Å². The maximum atomic E-state index is 12.9. The van der Waals surface area contributed by atoms with Crippen molar-refractivity contribution in [3.05, 3.63) is 71.6 Å². The Hall–Kier alpha value is -3.96. The predicted octanol–water partition coefficient (Wildman–Crippen LogP) is 3.25. The second kappa shape index (κ2) is 13.6. The number of β-amino-alcohol motifs (C(OH)–C–C–N with tert-alkyl or cyclic N) is 1. The lowest BCUT2D eigenvalue weighted by Crippen LogP contribution is -2.46. The number of aromatic nitrogens is 2. The number of aliphatic hydroxyl groups is 1. The molecule has 1 saturated heterocycles. The van der Waals surface area contributed by atoms with Crippen LogP contribution in [0.5, 0.6) is 5.75 Å². The van der Waals surface area contributed by atoms with Crippen molar-refractivity contribution in [2.45, 2.75) is 65.3 Å². The molecule has 0 saturated carbocycles. The molecule has 1 atom stereocenters. The zero-order valence-electron chi connectivity index (χ0n) is 25.2. The summed E-state index contributed by atoms with van der Waals surface area (Å²) in [6.07, 6.45) is 6.45. The number of carbonyl (C=O) groups excluding carboxylic acids is 2. The van der Waals surface area contributed by atoms with Gasteiger partial charge < -0.3 is 29.8 Å². The van der Waals surface area contributed by atoms with Crippen LogP contribution in [0.1, 0.15) is 60.9 Å². The third-order valence-electron chi connectivity index (χ3n) is 7.90. The molecule has 0 bridgehead atoms. The number of nitrogens with zero attached hydrogens (tertiary/aromatic N) is 4. The van der Waals surface area contributed by atoms with Crippen LogP contribution in [0.2, 0.25) is 0 Å². The van der Waals surface area contributed by atoms with Crippen molar-refractivity contribution < 1.29 is 23.8 Å². The minimum absolute atomic E-state index is 0.155. The number of fused-ring (bicyclic) bond motifs is 1. The van der Waals surface area contributed by atoms with Crippen molar-refractivity contribution in [2.24, 2.45) is 5.41 Å². The highest BCUT2D eigenvalue weighted by molar-refractivity contribution is 5.94. The number of piperidine rings is 1. The monoisotopic (exact) mass is 590 g/mol. The van der Waals surface area contributed by atoms with Crippen LogP contribution in [0.25, 0.3) is 0 Å². The van der Waals surface area contributed by atoms with Crippen LogP contribution >= 0.6 is 0 Å². The maximum Gasteiger partial charge on any atom is 0.251 e. The summed E-state index contributed by atoms with van der Waals surface area (Å²) in [7, 11) is 0. The molecule has 11 heteroatoms. The highest BCUT2D eigenvalue weighted by Crippen LogP contribution is 2.25. The summed E-state index contributed by atoms with van der Waals surface area (Å²) in [6, 6.07) is 9.67. The summed E-state index contributed by atoms with van der Waals surface area (Å²) in [5, 5.41) is 17.0. The summed E-state index contributed by atoms with van der Waals surface area (Å²) in [4.78, 5) is 37.8. The van der Waals surface area contributed by atoms with Crippen molar-refractivity contribution in [3.8, 4) is 5.75 Å². The number of anilines is 1. The van der Waals surface area contributed by atoms with Crippen LogP contribution in [0.3, 0.4) is 0 Å². The van der Waals surface area contributed by atoms with Crippen molar-refractivity contribution in [2.75, 3.05) is 38.0 Å². The molecule has 230 valence electrons. The number of nitrogens with one attached hydrogen (secondary N) is 2. The Balaban J connectivity index is 1.04. The molecule has 3 aromatic rings. The Morgan fingerprint density at radius 3 is 2.70 bits per heavy atom. The molecule has 1 aromatic carbocycles. The number of likely N-dealkylation sites (tertiary alicyclic amines) is 1. The molecule has 3 N–H and O–H groups in total. The number of rotatable bonds is 10. The molecule has 1 fully saturated rings. The lowest BCUT2D eigenvalue weighted by Gasteiger charge is -2.36. The fourth-order valence-electron chi connectivity index (χ4n) is 5.54. The fraction of sp³-hybridized carbons (Fsp3) is 0.500. The highest BCUT2D eigenvalue weighted by atomic mass is 16.5. The zero-order valence-corrected chi connectivity index (χ0v) is 25.2. The molecule has 4 heterocycles. The lowest BCUT2D eigenvalue weighted by atomic mass is 9.93. The third kappa shape index (κ3) is 8.32. The lowest BCUT2D eigenvalue weighted by molar-refractivity contribution is -0.140. The molecule has 2 aromatic heterocycles. The van der Waals surface area contributed by atoms with E-state index in [4.69, 9.17) is 9.15 Å². The van der Waals surface area contributed by atoms with Gasteiger partial charge in [-0.3, -0.25) is 14.5 Å². The van der Waals surface area contributed by atoms with Crippen molar-refractivity contribution in [1.29, 1.82) is 0 Å². The number of hydrogen-bond acceptors (Lipinski definition) is 9. The first-order valence-electron chi connectivity index (χ1n) is 15.0. The Bertz CT molecular complexity index is 1380. The van der Waals surface area contributed by atoms with Crippen LogP contribution < -0.4 is 15.4 Å². The van der Waals surface area contributed by atoms with E-state index in [1.54, 1.807) is 24.5 Å². The number of pyridine rings is 1. The number of ether oxygens (including phenoxy) is 1. The molecule has 0 aliphatic carbocycles. The topological polar surface area (TPSA) is 133 Å². The maximum absolute atomic E-state index is 12.9. The largest absolute Gasteiger partial charge is 0.486 e. The summed E-state index contributed by atoms with van der Waals surface area (Å²) in [6.45, 7) is 9.73. The van der Waals surface area contributed by atoms with E-state index in [0.29, 0.717) is 43.4 Å². The van der Waals surface area contributed by atoms with Crippen LogP contribution in [-0.4, -0.2) is 81.6 Å². The van der Waals surface area contributed by atoms with Gasteiger partial charge in [-0.05, 0) is 54.7 Å². The van der Waals surface area contributed by atoms with E-state index in [0.717, 1.165) is 38.1 Å². The number of hydrogen-bond donors (Lipinski definition) is 3. The number of benzene rings is 1. The molecule has 0 spiro atoms. The van der Waals surface area contributed by atoms with E-state index in [1.165, 1.54) is 17.5 Å². The second-order valence-electron chi connectivity index (χ2n) is 12.4. The minimum Gasteiger partial charge on any atom is -0.486 e. The highest BCUT2D eigenvalue weighted by Gasteiger charge is 2.30. The van der Waals surface area contributed by atoms with Crippen LogP contribution in [0.15, 0.2) is 53.5 Å². The van der Waals surface area contributed by atoms with Gasteiger partial charge >= 0.3 is 0 Å².